The van der Waals surface area contributed by atoms with Crippen LogP contribution in [-0.2, 0) is 4.79 Å². The lowest BCUT2D eigenvalue weighted by Crippen LogP contribution is -2.56. The first-order valence-electron chi connectivity index (χ1n) is 10.5. The highest BCUT2D eigenvalue weighted by molar-refractivity contribution is 5.79. The number of aromatic amines is 1. The van der Waals surface area contributed by atoms with E-state index >= 15 is 8.78 Å². The summed E-state index contributed by atoms with van der Waals surface area (Å²) in [5, 5.41) is 0. The highest BCUT2D eigenvalue weighted by atomic mass is 19.3. The number of nitrogens with two attached hydrogens (primary N) is 1. The zero-order valence-electron chi connectivity index (χ0n) is 17.3. The molecule has 4 rings (SSSR count). The van der Waals surface area contributed by atoms with Gasteiger partial charge in [0.2, 0.25) is 11.5 Å². The number of carbonyl (C=O) groups is 1. The van der Waals surface area contributed by atoms with Crippen LogP contribution in [-0.4, -0.2) is 45.8 Å². The second-order valence-electron chi connectivity index (χ2n) is 8.47. The molecule has 6 nitrogen and oxygen atoms in total. The van der Waals surface area contributed by atoms with E-state index in [0.29, 0.717) is 22.7 Å². The lowest BCUT2D eigenvalue weighted by molar-refractivity contribution is -0.130. The van der Waals surface area contributed by atoms with Crippen LogP contribution in [0, 0.1) is 5.92 Å². The molecule has 3 N–H and O–H groups in total. The van der Waals surface area contributed by atoms with Crippen molar-refractivity contribution in [3.05, 3.63) is 69.9 Å². The number of nitrogens with zero attached hydrogens (tertiary/aromatic N) is 2. The molecule has 3 heterocycles. The summed E-state index contributed by atoms with van der Waals surface area (Å²) in [7, 11) is 0. The molecule has 1 aliphatic heterocycles. The van der Waals surface area contributed by atoms with Crippen molar-refractivity contribution >= 4 is 12.0 Å². The van der Waals surface area contributed by atoms with Crippen molar-refractivity contribution in [3.63, 3.8) is 0 Å². The number of carbonyl (C=O) groups excluding carboxylic acids is 1. The van der Waals surface area contributed by atoms with E-state index in [4.69, 9.17) is 5.73 Å². The molecule has 0 bridgehead atoms. The van der Waals surface area contributed by atoms with Gasteiger partial charge in [-0.15, -0.1) is 0 Å². The third kappa shape index (κ3) is 4.44. The van der Waals surface area contributed by atoms with Gasteiger partial charge < -0.3 is 10.7 Å². The molecule has 1 amide bonds. The van der Waals surface area contributed by atoms with Crippen molar-refractivity contribution in [1.82, 2.24) is 14.9 Å². The Morgan fingerprint density at radius 2 is 2.03 bits per heavy atom. The van der Waals surface area contributed by atoms with Crippen molar-refractivity contribution in [1.29, 1.82) is 0 Å². The maximum Gasteiger partial charge on any atom is 0.265 e. The highest BCUT2D eigenvalue weighted by Crippen LogP contribution is 2.48. The summed E-state index contributed by atoms with van der Waals surface area (Å²) in [6.45, 7) is 1.52. The second-order valence-corrected chi connectivity index (χ2v) is 8.47. The smallest absolute Gasteiger partial charge is 0.265 e. The number of primary amides is 1. The van der Waals surface area contributed by atoms with Gasteiger partial charge in [0.25, 0.3) is 5.92 Å². The topological polar surface area (TPSA) is 92.1 Å². The first kappa shape index (κ1) is 21.4. The molecule has 0 aromatic carbocycles. The average molecular weight is 428 g/mol. The van der Waals surface area contributed by atoms with Crippen LogP contribution in [0.1, 0.15) is 48.4 Å². The zero-order chi connectivity index (χ0) is 22.2. The number of alkyl halides is 2. The molecule has 8 heteroatoms. The van der Waals surface area contributed by atoms with E-state index in [-0.39, 0.29) is 18.6 Å². The van der Waals surface area contributed by atoms with E-state index in [1.54, 1.807) is 24.0 Å². The van der Waals surface area contributed by atoms with Gasteiger partial charge in [-0.2, -0.15) is 0 Å². The number of piperidine rings is 1. The molecule has 31 heavy (non-hydrogen) atoms. The fraction of sp³-hybridized carbons (Fsp3) is 0.435. The summed E-state index contributed by atoms with van der Waals surface area (Å²) in [5.41, 5.74) is 6.41. The van der Waals surface area contributed by atoms with Crippen molar-refractivity contribution in [2.24, 2.45) is 11.7 Å². The van der Waals surface area contributed by atoms with Crippen molar-refractivity contribution in [3.8, 4) is 0 Å². The molecule has 1 aliphatic carbocycles. The molecule has 2 fully saturated rings. The van der Waals surface area contributed by atoms with Crippen LogP contribution in [0.25, 0.3) is 6.08 Å². The first-order valence-corrected chi connectivity index (χ1v) is 10.5. The van der Waals surface area contributed by atoms with Gasteiger partial charge >= 0.3 is 0 Å². The number of likely N-dealkylation sites (tertiary alicyclic amines) is 1. The largest absolute Gasteiger partial charge is 0.368 e. The van der Waals surface area contributed by atoms with Crippen LogP contribution in [0.2, 0.25) is 0 Å². The predicted molar refractivity (Wildman–Crippen MR) is 114 cm³/mol. The maximum atomic E-state index is 15.9. The SMILES string of the molecule is CC(C(N)=O)N1CC(c2ncccc2/C=C/C2CC2)C(F)(F)[C@@H](c2ccc(=O)[nH]c2)C1. The average Bonchev–Trinajstić information content (AvgIpc) is 3.57. The molecule has 0 radical (unpaired) electrons. The van der Waals surface area contributed by atoms with Gasteiger partial charge in [0.15, 0.2) is 0 Å². The van der Waals surface area contributed by atoms with Gasteiger partial charge in [-0.25, -0.2) is 8.78 Å². The van der Waals surface area contributed by atoms with Crippen LogP contribution < -0.4 is 11.3 Å². The standard InChI is InChI=1S/C23H26F2N4O2/c1-14(22(26)31)29-12-18(17-8-9-20(30)28-11-17)23(24,25)19(13-29)21-16(3-2-10-27-21)7-6-15-4-5-15/h2-3,6-11,14-15,18-19H,4-5,12-13H2,1H3,(H2,26,31)(H,28,30)/b7-6+/t14?,18-,19?/m1/s1. The third-order valence-corrected chi connectivity index (χ3v) is 6.30. The number of hydrogen-bond donors (Lipinski definition) is 2. The number of amides is 1. The number of hydrogen-bond acceptors (Lipinski definition) is 4. The van der Waals surface area contributed by atoms with Crippen LogP contribution in [0.15, 0.2) is 47.5 Å². The van der Waals surface area contributed by atoms with Gasteiger partial charge in [-0.1, -0.05) is 24.3 Å². The summed E-state index contributed by atoms with van der Waals surface area (Å²) >= 11 is 0. The minimum atomic E-state index is -3.15. The van der Waals surface area contributed by atoms with Crippen molar-refractivity contribution in [2.45, 2.75) is 43.6 Å². The van der Waals surface area contributed by atoms with Gasteiger partial charge in [-0.3, -0.25) is 19.5 Å². The Morgan fingerprint density at radius 1 is 1.29 bits per heavy atom. The molecule has 3 atom stereocenters. The number of halogens is 2. The molecule has 1 saturated carbocycles. The van der Waals surface area contributed by atoms with Crippen LogP contribution in [0.3, 0.4) is 0 Å². The summed E-state index contributed by atoms with van der Waals surface area (Å²) in [6, 6.07) is 5.47. The van der Waals surface area contributed by atoms with Gasteiger partial charge in [0.05, 0.1) is 23.6 Å². The summed E-state index contributed by atoms with van der Waals surface area (Å²) < 4.78 is 31.9. The van der Waals surface area contributed by atoms with Gasteiger partial charge in [0.1, 0.15) is 0 Å². The highest BCUT2D eigenvalue weighted by Gasteiger charge is 2.54. The molecule has 0 spiro atoms. The number of allylic oxidation sites excluding steroid dienone is 1. The quantitative estimate of drug-likeness (QED) is 0.740. The lowest BCUT2D eigenvalue weighted by atomic mass is 9.78. The molecule has 164 valence electrons. The minimum absolute atomic E-state index is 0.0434. The molecule has 1 saturated heterocycles. The summed E-state index contributed by atoms with van der Waals surface area (Å²) in [6.07, 6.45) is 8.99. The third-order valence-electron chi connectivity index (χ3n) is 6.30. The number of nitrogens with one attached hydrogen (secondary N) is 1. The Kier molecular flexibility index (Phi) is 5.75. The van der Waals surface area contributed by atoms with E-state index in [9.17, 15) is 9.59 Å². The van der Waals surface area contributed by atoms with E-state index in [0.717, 1.165) is 12.8 Å². The first-order chi connectivity index (χ1) is 14.8. The number of pyridine rings is 2. The van der Waals surface area contributed by atoms with Gasteiger partial charge in [-0.05, 0) is 42.9 Å². The van der Waals surface area contributed by atoms with E-state index < -0.39 is 29.7 Å². The van der Waals surface area contributed by atoms with Crippen LogP contribution in [0.5, 0.6) is 0 Å². The van der Waals surface area contributed by atoms with Crippen molar-refractivity contribution < 1.29 is 13.6 Å². The Hall–Kier alpha value is -2.87. The monoisotopic (exact) mass is 428 g/mol. The van der Waals surface area contributed by atoms with Crippen LogP contribution >= 0.6 is 0 Å². The molecule has 2 unspecified atom stereocenters. The van der Waals surface area contributed by atoms with Crippen LogP contribution in [0.4, 0.5) is 8.78 Å². The van der Waals surface area contributed by atoms with E-state index in [1.807, 2.05) is 12.2 Å². The molecule has 2 aliphatic rings. The molecular weight excluding hydrogens is 402 g/mol. The summed E-state index contributed by atoms with van der Waals surface area (Å²) in [5.74, 6) is -5.69. The number of rotatable bonds is 6. The fourth-order valence-corrected chi connectivity index (χ4v) is 4.15. The van der Waals surface area contributed by atoms with Gasteiger partial charge in [0, 0.05) is 31.5 Å². The Bertz CT molecular complexity index is 1030. The lowest BCUT2D eigenvalue weighted by Gasteiger charge is -2.45. The number of aromatic nitrogens is 2. The summed E-state index contributed by atoms with van der Waals surface area (Å²) in [4.78, 5) is 31.8. The minimum Gasteiger partial charge on any atom is -0.368 e. The fourth-order valence-electron chi connectivity index (χ4n) is 4.15. The molecule has 2 aromatic rings. The normalized spacial score (nSPS) is 24.9. The predicted octanol–water partition coefficient (Wildman–Crippen LogP) is 2.89. The Balaban J connectivity index is 1.77. The molecular formula is C23H26F2N4O2. The molecule has 2 aromatic heterocycles. The Labute approximate surface area is 179 Å². The number of H-pyrrole nitrogens is 1. The van der Waals surface area contributed by atoms with E-state index in [2.05, 4.69) is 9.97 Å². The zero-order valence-corrected chi connectivity index (χ0v) is 17.3. The van der Waals surface area contributed by atoms with Crippen molar-refractivity contribution in [2.75, 3.05) is 13.1 Å². The second kappa shape index (κ2) is 8.34. The Morgan fingerprint density at radius 3 is 2.68 bits per heavy atom. The maximum absolute atomic E-state index is 15.9. The van der Waals surface area contributed by atoms with E-state index in [1.165, 1.54) is 24.5 Å².